The Kier molecular flexibility index (Phi) is 5.97. The van der Waals surface area contributed by atoms with Gasteiger partial charge < -0.3 is 14.2 Å². The molecule has 0 aromatic heterocycles. The lowest BCUT2D eigenvalue weighted by atomic mass is 10.1. The molecule has 0 amide bonds. The third-order valence-electron chi connectivity index (χ3n) is 4.46. The molecule has 0 aliphatic carbocycles. The van der Waals surface area contributed by atoms with Crippen LogP contribution in [0.25, 0.3) is 0 Å². The molecular formula is C23H25O3S+. The van der Waals surface area contributed by atoms with Gasteiger partial charge in [-0.2, -0.15) is 0 Å². The molecule has 0 atom stereocenters. The molecule has 0 spiro atoms. The first kappa shape index (κ1) is 19.2. The average molecular weight is 382 g/mol. The summed E-state index contributed by atoms with van der Waals surface area (Å²) in [6, 6.07) is 21.1. The Bertz CT molecular complexity index is 831. The van der Waals surface area contributed by atoms with Crippen LogP contribution >= 0.6 is 0 Å². The van der Waals surface area contributed by atoms with Gasteiger partial charge in [0, 0.05) is 12.1 Å². The topological polar surface area (TPSA) is 27.7 Å². The van der Waals surface area contributed by atoms with E-state index in [2.05, 4.69) is 50.2 Å². The van der Waals surface area contributed by atoms with Crippen LogP contribution in [0.15, 0.2) is 75.4 Å². The fourth-order valence-corrected chi connectivity index (χ4v) is 5.40. The summed E-state index contributed by atoms with van der Waals surface area (Å²) in [6.45, 7) is 4.19. The number of hydrogen-bond donors (Lipinski definition) is 0. The van der Waals surface area contributed by atoms with Crippen LogP contribution < -0.4 is 14.2 Å². The molecule has 3 rings (SSSR count). The van der Waals surface area contributed by atoms with Crippen LogP contribution in [0.1, 0.15) is 11.1 Å². The Morgan fingerprint density at radius 1 is 0.556 bits per heavy atom. The number of hydrogen-bond acceptors (Lipinski definition) is 3. The standard InChI is InChI=1S/C23H25O3S/c1-16-14-22(15-17(2)23(16)26-5)27(20-10-6-18(24-3)7-11-20)21-12-8-19(25-4)9-13-21/h6-15H,1-5H3/q+1. The van der Waals surface area contributed by atoms with Crippen molar-refractivity contribution in [3.05, 3.63) is 71.8 Å². The fraction of sp³-hybridized carbons (Fsp3) is 0.217. The monoisotopic (exact) mass is 381 g/mol. The molecule has 0 N–H and O–H groups in total. The van der Waals surface area contributed by atoms with E-state index >= 15 is 0 Å². The molecule has 0 aliphatic rings. The SMILES string of the molecule is COc1ccc([S+](c2ccc(OC)cc2)c2cc(C)c(OC)c(C)c2)cc1. The van der Waals surface area contributed by atoms with Gasteiger partial charge >= 0.3 is 0 Å². The first-order valence-corrected chi connectivity index (χ1v) is 9.97. The van der Waals surface area contributed by atoms with Crippen molar-refractivity contribution in [3.63, 3.8) is 0 Å². The van der Waals surface area contributed by atoms with Crippen LogP contribution in [-0.2, 0) is 10.9 Å². The molecule has 0 radical (unpaired) electrons. The summed E-state index contributed by atoms with van der Waals surface area (Å²) in [6.07, 6.45) is 0. The van der Waals surface area contributed by atoms with Crippen LogP contribution in [0, 0.1) is 13.8 Å². The van der Waals surface area contributed by atoms with Crippen molar-refractivity contribution in [2.24, 2.45) is 0 Å². The van der Waals surface area contributed by atoms with Crippen molar-refractivity contribution in [2.45, 2.75) is 28.5 Å². The molecule has 0 unspecified atom stereocenters. The van der Waals surface area contributed by atoms with Crippen LogP contribution in [0.2, 0.25) is 0 Å². The Balaban J connectivity index is 2.14. The minimum atomic E-state index is -0.233. The highest BCUT2D eigenvalue weighted by Crippen LogP contribution is 2.36. The molecule has 0 heterocycles. The third kappa shape index (κ3) is 4.06. The minimum Gasteiger partial charge on any atom is -0.497 e. The summed E-state index contributed by atoms with van der Waals surface area (Å²) in [5, 5.41) is 0. The first-order chi connectivity index (χ1) is 13.1. The van der Waals surface area contributed by atoms with Gasteiger partial charge in [0.25, 0.3) is 0 Å². The highest BCUT2D eigenvalue weighted by molar-refractivity contribution is 7.97. The van der Waals surface area contributed by atoms with Crippen molar-refractivity contribution in [2.75, 3.05) is 21.3 Å². The Hall–Kier alpha value is -2.59. The minimum absolute atomic E-state index is 0.233. The molecule has 27 heavy (non-hydrogen) atoms. The second kappa shape index (κ2) is 8.40. The molecular weight excluding hydrogens is 356 g/mol. The lowest BCUT2D eigenvalue weighted by Gasteiger charge is -2.13. The van der Waals surface area contributed by atoms with E-state index in [1.807, 2.05) is 24.3 Å². The molecule has 0 aliphatic heterocycles. The van der Waals surface area contributed by atoms with E-state index in [0.29, 0.717) is 0 Å². The second-order valence-electron chi connectivity index (χ2n) is 6.25. The number of rotatable bonds is 6. The third-order valence-corrected chi connectivity index (χ3v) is 6.66. The van der Waals surface area contributed by atoms with E-state index in [4.69, 9.17) is 14.2 Å². The van der Waals surface area contributed by atoms with Gasteiger partial charge in [-0.15, -0.1) is 0 Å². The molecule has 0 saturated carbocycles. The van der Waals surface area contributed by atoms with Crippen LogP contribution in [-0.4, -0.2) is 21.3 Å². The number of methoxy groups -OCH3 is 3. The van der Waals surface area contributed by atoms with E-state index in [-0.39, 0.29) is 10.9 Å². The van der Waals surface area contributed by atoms with Gasteiger partial charge in [0.15, 0.2) is 14.7 Å². The smallest absolute Gasteiger partial charge is 0.167 e. The maximum atomic E-state index is 5.55. The van der Waals surface area contributed by atoms with Gasteiger partial charge in [0.2, 0.25) is 0 Å². The molecule has 3 nitrogen and oxygen atoms in total. The number of ether oxygens (including phenoxy) is 3. The molecule has 0 bridgehead atoms. The maximum Gasteiger partial charge on any atom is 0.167 e. The van der Waals surface area contributed by atoms with E-state index in [1.54, 1.807) is 21.3 Å². The highest BCUT2D eigenvalue weighted by Gasteiger charge is 2.30. The maximum absolute atomic E-state index is 5.55. The van der Waals surface area contributed by atoms with Crippen molar-refractivity contribution in [1.29, 1.82) is 0 Å². The summed E-state index contributed by atoms with van der Waals surface area (Å²) in [5.74, 6) is 2.67. The van der Waals surface area contributed by atoms with Crippen LogP contribution in [0.3, 0.4) is 0 Å². The predicted octanol–water partition coefficient (Wildman–Crippen LogP) is 5.42. The summed E-state index contributed by atoms with van der Waals surface area (Å²) >= 11 is 0. The van der Waals surface area contributed by atoms with Crippen molar-refractivity contribution >= 4 is 10.9 Å². The van der Waals surface area contributed by atoms with Gasteiger partial charge in [-0.3, -0.25) is 0 Å². The molecule has 4 heteroatoms. The molecule has 3 aromatic rings. The van der Waals surface area contributed by atoms with Crippen molar-refractivity contribution < 1.29 is 14.2 Å². The van der Waals surface area contributed by atoms with E-state index < -0.39 is 0 Å². The van der Waals surface area contributed by atoms with Crippen LogP contribution in [0.4, 0.5) is 0 Å². The normalized spacial score (nSPS) is 10.7. The zero-order valence-electron chi connectivity index (χ0n) is 16.4. The van der Waals surface area contributed by atoms with Crippen molar-refractivity contribution in [1.82, 2.24) is 0 Å². The van der Waals surface area contributed by atoms with Gasteiger partial charge in [-0.1, -0.05) is 0 Å². The average Bonchev–Trinajstić information content (AvgIpc) is 2.69. The quantitative estimate of drug-likeness (QED) is 0.533. The van der Waals surface area contributed by atoms with Gasteiger partial charge in [0.05, 0.1) is 32.2 Å². The molecule has 0 fully saturated rings. The Morgan fingerprint density at radius 2 is 0.963 bits per heavy atom. The lowest BCUT2D eigenvalue weighted by molar-refractivity contribution is 0.408. The van der Waals surface area contributed by atoms with Gasteiger partial charge in [-0.05, 0) is 73.5 Å². The largest absolute Gasteiger partial charge is 0.497 e. The first-order valence-electron chi connectivity index (χ1n) is 8.75. The van der Waals surface area contributed by atoms with Crippen molar-refractivity contribution in [3.8, 4) is 17.2 Å². The molecule has 3 aromatic carbocycles. The lowest BCUT2D eigenvalue weighted by Crippen LogP contribution is -2.06. The second-order valence-corrected chi connectivity index (χ2v) is 8.27. The number of benzene rings is 3. The molecule has 140 valence electrons. The Labute approximate surface area is 164 Å². The van der Waals surface area contributed by atoms with E-state index in [1.165, 1.54) is 14.7 Å². The highest BCUT2D eigenvalue weighted by atomic mass is 32.2. The zero-order chi connectivity index (χ0) is 19.4. The zero-order valence-corrected chi connectivity index (χ0v) is 17.2. The Morgan fingerprint density at radius 3 is 1.30 bits per heavy atom. The van der Waals surface area contributed by atoms with E-state index in [0.717, 1.165) is 28.4 Å². The van der Waals surface area contributed by atoms with E-state index in [9.17, 15) is 0 Å². The predicted molar refractivity (Wildman–Crippen MR) is 111 cm³/mol. The van der Waals surface area contributed by atoms with Gasteiger partial charge in [0.1, 0.15) is 17.2 Å². The fourth-order valence-electron chi connectivity index (χ4n) is 3.18. The summed E-state index contributed by atoms with van der Waals surface area (Å²) in [5.41, 5.74) is 2.29. The summed E-state index contributed by atoms with van der Waals surface area (Å²) in [4.78, 5) is 3.75. The van der Waals surface area contributed by atoms with Crippen LogP contribution in [0.5, 0.6) is 17.2 Å². The molecule has 0 saturated heterocycles. The van der Waals surface area contributed by atoms with Gasteiger partial charge in [-0.25, -0.2) is 0 Å². The summed E-state index contributed by atoms with van der Waals surface area (Å²) < 4.78 is 16.2. The summed E-state index contributed by atoms with van der Waals surface area (Å²) in [7, 11) is 4.87. The number of aryl methyl sites for hydroxylation is 2.